The summed E-state index contributed by atoms with van der Waals surface area (Å²) in [5.41, 5.74) is 5.24. The average molecular weight is 99.1 g/mol. The molecule has 2 heteroatoms. The van der Waals surface area contributed by atoms with Gasteiger partial charge in [0.05, 0.1) is 0 Å². The topological polar surface area (TPSA) is 43.1 Å². The van der Waals surface area contributed by atoms with E-state index in [1.54, 1.807) is 0 Å². The van der Waals surface area contributed by atoms with Gasteiger partial charge in [-0.2, -0.15) is 0 Å². The van der Waals surface area contributed by atoms with Crippen LogP contribution in [0, 0.1) is 11.8 Å². The number of carbonyl (C=O) groups is 1. The zero-order valence-corrected chi connectivity index (χ0v) is 4.13. The van der Waals surface area contributed by atoms with Gasteiger partial charge in [0.1, 0.15) is 6.29 Å². The Labute approximate surface area is 42.7 Å². The normalized spacial score (nSPS) is 37.9. The van der Waals surface area contributed by atoms with Crippen molar-refractivity contribution in [3.63, 3.8) is 0 Å². The first-order valence-electron chi connectivity index (χ1n) is 2.54. The van der Waals surface area contributed by atoms with Gasteiger partial charge in [-0.15, -0.1) is 0 Å². The highest BCUT2D eigenvalue weighted by Crippen LogP contribution is 2.34. The first-order chi connectivity index (χ1) is 3.38. The monoisotopic (exact) mass is 99.1 g/mol. The van der Waals surface area contributed by atoms with Crippen LogP contribution < -0.4 is 5.73 Å². The van der Waals surface area contributed by atoms with Crippen molar-refractivity contribution in [3.8, 4) is 0 Å². The fourth-order valence-electron chi connectivity index (χ4n) is 0.709. The first-order valence-corrected chi connectivity index (χ1v) is 2.54. The quantitative estimate of drug-likeness (QED) is 0.486. The molecule has 0 bridgehead atoms. The molecule has 0 aromatic rings. The SMILES string of the molecule is NCC1CC1C=O. The van der Waals surface area contributed by atoms with E-state index in [1.165, 1.54) is 0 Å². The smallest absolute Gasteiger partial charge is 0.123 e. The number of aldehydes is 1. The lowest BCUT2D eigenvalue weighted by atomic mass is 10.3. The van der Waals surface area contributed by atoms with E-state index < -0.39 is 0 Å². The van der Waals surface area contributed by atoms with Crippen molar-refractivity contribution >= 4 is 6.29 Å². The van der Waals surface area contributed by atoms with Crippen molar-refractivity contribution in [2.75, 3.05) is 6.54 Å². The van der Waals surface area contributed by atoms with Crippen molar-refractivity contribution in [2.45, 2.75) is 6.42 Å². The molecule has 1 aliphatic carbocycles. The molecule has 0 spiro atoms. The molecule has 1 rings (SSSR count). The van der Waals surface area contributed by atoms with Crippen LogP contribution in [0.5, 0.6) is 0 Å². The Bertz CT molecular complexity index is 82.1. The van der Waals surface area contributed by atoms with E-state index in [2.05, 4.69) is 0 Å². The summed E-state index contributed by atoms with van der Waals surface area (Å²) >= 11 is 0. The first kappa shape index (κ1) is 4.78. The molecule has 0 heterocycles. The van der Waals surface area contributed by atoms with Crippen molar-refractivity contribution in [1.82, 2.24) is 0 Å². The molecular formula is C5H9NO. The van der Waals surface area contributed by atoms with Gasteiger partial charge in [-0.1, -0.05) is 0 Å². The number of rotatable bonds is 2. The molecule has 0 aromatic carbocycles. The van der Waals surface area contributed by atoms with Gasteiger partial charge < -0.3 is 10.5 Å². The Morgan fingerprint density at radius 2 is 2.57 bits per heavy atom. The zero-order chi connectivity index (χ0) is 5.28. The number of carbonyl (C=O) groups excluding carboxylic acids is 1. The molecular weight excluding hydrogens is 90.1 g/mol. The molecule has 2 N–H and O–H groups in total. The maximum absolute atomic E-state index is 9.88. The molecule has 0 aromatic heterocycles. The molecule has 1 saturated carbocycles. The van der Waals surface area contributed by atoms with Crippen LogP contribution in [0.1, 0.15) is 6.42 Å². The lowest BCUT2D eigenvalue weighted by Crippen LogP contribution is -2.02. The standard InChI is InChI=1S/C5H9NO/c6-2-4-1-5(4)3-7/h3-5H,1-2,6H2. The van der Waals surface area contributed by atoms with Gasteiger partial charge in [0, 0.05) is 5.92 Å². The van der Waals surface area contributed by atoms with E-state index in [0.717, 1.165) is 12.7 Å². The van der Waals surface area contributed by atoms with E-state index in [-0.39, 0.29) is 0 Å². The number of nitrogens with two attached hydrogens (primary N) is 1. The molecule has 1 fully saturated rings. The van der Waals surface area contributed by atoms with Crippen molar-refractivity contribution in [2.24, 2.45) is 17.6 Å². The fraction of sp³-hybridized carbons (Fsp3) is 0.800. The van der Waals surface area contributed by atoms with Crippen LogP contribution in [0.2, 0.25) is 0 Å². The third-order valence-corrected chi connectivity index (χ3v) is 1.45. The minimum atomic E-state index is 0.310. The molecule has 2 nitrogen and oxygen atoms in total. The Morgan fingerprint density at radius 3 is 2.71 bits per heavy atom. The minimum absolute atomic E-state index is 0.310. The largest absolute Gasteiger partial charge is 0.330 e. The Balaban J connectivity index is 2.17. The lowest BCUT2D eigenvalue weighted by molar-refractivity contribution is -0.109. The van der Waals surface area contributed by atoms with Crippen LogP contribution in [0.25, 0.3) is 0 Å². The van der Waals surface area contributed by atoms with E-state index >= 15 is 0 Å². The van der Waals surface area contributed by atoms with Crippen LogP contribution >= 0.6 is 0 Å². The van der Waals surface area contributed by atoms with Crippen molar-refractivity contribution < 1.29 is 4.79 Å². The van der Waals surface area contributed by atoms with E-state index in [0.29, 0.717) is 18.4 Å². The fourth-order valence-corrected chi connectivity index (χ4v) is 0.709. The third kappa shape index (κ3) is 0.800. The summed E-state index contributed by atoms with van der Waals surface area (Å²) in [6.45, 7) is 0.684. The van der Waals surface area contributed by atoms with Gasteiger partial charge in [-0.25, -0.2) is 0 Å². The molecule has 2 atom stereocenters. The maximum atomic E-state index is 9.88. The lowest BCUT2D eigenvalue weighted by Gasteiger charge is -1.79. The van der Waals surface area contributed by atoms with Gasteiger partial charge >= 0.3 is 0 Å². The molecule has 7 heavy (non-hydrogen) atoms. The molecule has 0 amide bonds. The van der Waals surface area contributed by atoms with Gasteiger partial charge in [-0.3, -0.25) is 0 Å². The highest BCUT2D eigenvalue weighted by molar-refractivity contribution is 5.58. The summed E-state index contributed by atoms with van der Waals surface area (Å²) in [4.78, 5) is 9.88. The molecule has 1 aliphatic rings. The maximum Gasteiger partial charge on any atom is 0.123 e. The summed E-state index contributed by atoms with van der Waals surface area (Å²) in [7, 11) is 0. The van der Waals surface area contributed by atoms with Crippen LogP contribution in [0.15, 0.2) is 0 Å². The second-order valence-electron chi connectivity index (χ2n) is 2.03. The van der Waals surface area contributed by atoms with Gasteiger partial charge in [0.2, 0.25) is 0 Å². The number of hydrogen-bond donors (Lipinski definition) is 1. The molecule has 40 valence electrons. The second kappa shape index (κ2) is 1.62. The zero-order valence-electron chi connectivity index (χ0n) is 4.13. The Hall–Kier alpha value is -0.370. The van der Waals surface area contributed by atoms with Gasteiger partial charge in [0.25, 0.3) is 0 Å². The molecule has 0 aliphatic heterocycles. The summed E-state index contributed by atoms with van der Waals surface area (Å²) in [6.07, 6.45) is 2.03. The average Bonchev–Trinajstić information content (AvgIpc) is 2.43. The minimum Gasteiger partial charge on any atom is -0.330 e. The summed E-state index contributed by atoms with van der Waals surface area (Å²) in [5, 5.41) is 0. The van der Waals surface area contributed by atoms with Crippen molar-refractivity contribution in [3.05, 3.63) is 0 Å². The van der Waals surface area contributed by atoms with Gasteiger partial charge in [0.15, 0.2) is 0 Å². The van der Waals surface area contributed by atoms with Gasteiger partial charge in [-0.05, 0) is 18.9 Å². The van der Waals surface area contributed by atoms with Crippen LogP contribution in [-0.2, 0) is 4.79 Å². The van der Waals surface area contributed by atoms with E-state index in [1.807, 2.05) is 0 Å². The number of hydrogen-bond acceptors (Lipinski definition) is 2. The third-order valence-electron chi connectivity index (χ3n) is 1.45. The van der Waals surface area contributed by atoms with Crippen LogP contribution in [0.3, 0.4) is 0 Å². The molecule has 0 saturated heterocycles. The van der Waals surface area contributed by atoms with E-state index in [4.69, 9.17) is 5.73 Å². The summed E-state index contributed by atoms with van der Waals surface area (Å²) < 4.78 is 0. The second-order valence-corrected chi connectivity index (χ2v) is 2.03. The Morgan fingerprint density at radius 1 is 1.86 bits per heavy atom. The van der Waals surface area contributed by atoms with E-state index in [9.17, 15) is 4.79 Å². The molecule has 2 unspecified atom stereocenters. The summed E-state index contributed by atoms with van der Waals surface area (Å²) in [5.74, 6) is 0.836. The Kier molecular flexibility index (Phi) is 1.11. The highest BCUT2D eigenvalue weighted by Gasteiger charge is 2.34. The van der Waals surface area contributed by atoms with Crippen LogP contribution in [-0.4, -0.2) is 12.8 Å². The highest BCUT2D eigenvalue weighted by atomic mass is 16.1. The van der Waals surface area contributed by atoms with Crippen molar-refractivity contribution in [1.29, 1.82) is 0 Å². The van der Waals surface area contributed by atoms with Crippen LogP contribution in [0.4, 0.5) is 0 Å². The predicted molar refractivity (Wildman–Crippen MR) is 26.7 cm³/mol. The summed E-state index contributed by atoms with van der Waals surface area (Å²) in [6, 6.07) is 0. The predicted octanol–water partition coefficient (Wildman–Crippen LogP) is -0.220. The molecule has 0 radical (unpaired) electrons.